The molecule has 2 aromatic carbocycles. The molecule has 0 radical (unpaired) electrons. The molecule has 0 saturated carbocycles. The monoisotopic (exact) mass is 522 g/mol. The maximum Gasteiger partial charge on any atom is 0.255 e. The van der Waals surface area contributed by atoms with Gasteiger partial charge in [-0.3, -0.25) is 14.4 Å². The first-order valence-electron chi connectivity index (χ1n) is 13.1. The Morgan fingerprint density at radius 3 is 2.51 bits per heavy atom. The standard InChI is InChI=1S/C30H30N6O3/c1-20-2-5-25(30(39)35-13-9-23(10-14-35)22-6-3-21(18-31)4-7-22)16-26(20)34-29(38)24-8-11-32-27(17-24)36-15-12-33-28(37)19-36/h2-8,11,16-17,23H,9-10,12-15,19H2,1H3,(H,33,37)(H,34,38). The Morgan fingerprint density at radius 1 is 1.03 bits per heavy atom. The molecule has 39 heavy (non-hydrogen) atoms. The Bertz CT molecular complexity index is 1440. The van der Waals surface area contributed by atoms with Gasteiger partial charge in [0.25, 0.3) is 11.8 Å². The van der Waals surface area contributed by atoms with Gasteiger partial charge in [0.15, 0.2) is 0 Å². The predicted octanol–water partition coefficient (Wildman–Crippen LogP) is 3.47. The summed E-state index contributed by atoms with van der Waals surface area (Å²) < 4.78 is 0. The van der Waals surface area contributed by atoms with Gasteiger partial charge in [0.05, 0.1) is 18.2 Å². The number of rotatable bonds is 5. The molecule has 0 unspecified atom stereocenters. The SMILES string of the molecule is Cc1ccc(C(=O)N2CCC(c3ccc(C#N)cc3)CC2)cc1NC(=O)c1ccnc(N2CCNC(=O)C2)c1. The van der Waals surface area contributed by atoms with Gasteiger partial charge < -0.3 is 20.4 Å². The maximum absolute atomic E-state index is 13.3. The molecule has 198 valence electrons. The van der Waals surface area contributed by atoms with Crippen LogP contribution in [-0.2, 0) is 4.79 Å². The number of aryl methyl sites for hydroxylation is 1. The zero-order valence-electron chi connectivity index (χ0n) is 21.8. The number of carbonyl (C=O) groups excluding carboxylic acids is 3. The molecule has 2 saturated heterocycles. The third kappa shape index (κ3) is 5.91. The van der Waals surface area contributed by atoms with E-state index in [0.29, 0.717) is 60.3 Å². The van der Waals surface area contributed by atoms with E-state index in [4.69, 9.17) is 5.26 Å². The fraction of sp³-hybridized carbons (Fsp3) is 0.300. The van der Waals surface area contributed by atoms with Crippen molar-refractivity contribution in [3.8, 4) is 6.07 Å². The van der Waals surface area contributed by atoms with Crippen LogP contribution >= 0.6 is 0 Å². The number of nitrogens with zero attached hydrogens (tertiary/aromatic N) is 4. The average Bonchev–Trinajstić information content (AvgIpc) is 2.98. The van der Waals surface area contributed by atoms with Crippen molar-refractivity contribution in [1.29, 1.82) is 5.26 Å². The van der Waals surface area contributed by atoms with Crippen molar-refractivity contribution in [1.82, 2.24) is 15.2 Å². The van der Waals surface area contributed by atoms with Crippen molar-refractivity contribution in [3.63, 3.8) is 0 Å². The van der Waals surface area contributed by atoms with Crippen molar-refractivity contribution in [3.05, 3.63) is 88.6 Å². The minimum absolute atomic E-state index is 0.0571. The summed E-state index contributed by atoms with van der Waals surface area (Å²) in [7, 11) is 0. The molecule has 9 nitrogen and oxygen atoms in total. The summed E-state index contributed by atoms with van der Waals surface area (Å²) in [4.78, 5) is 46.2. The molecule has 0 atom stereocenters. The fourth-order valence-electron chi connectivity index (χ4n) is 5.08. The number of pyridine rings is 1. The van der Waals surface area contributed by atoms with Gasteiger partial charge in [-0.05, 0) is 73.2 Å². The number of aromatic nitrogens is 1. The summed E-state index contributed by atoms with van der Waals surface area (Å²) >= 11 is 0. The van der Waals surface area contributed by atoms with Crippen LogP contribution in [0.2, 0.25) is 0 Å². The first-order valence-corrected chi connectivity index (χ1v) is 13.1. The number of carbonyl (C=O) groups is 3. The van der Waals surface area contributed by atoms with E-state index in [2.05, 4.69) is 21.7 Å². The van der Waals surface area contributed by atoms with Crippen LogP contribution in [-0.4, -0.2) is 60.3 Å². The lowest BCUT2D eigenvalue weighted by Gasteiger charge is -2.32. The van der Waals surface area contributed by atoms with Crippen LogP contribution in [0.1, 0.15) is 56.2 Å². The molecule has 2 aliphatic rings. The maximum atomic E-state index is 13.3. The quantitative estimate of drug-likeness (QED) is 0.530. The largest absolute Gasteiger partial charge is 0.353 e. The molecule has 0 bridgehead atoms. The number of piperazine rings is 1. The lowest BCUT2D eigenvalue weighted by molar-refractivity contribution is -0.120. The predicted molar refractivity (Wildman–Crippen MR) is 148 cm³/mol. The van der Waals surface area contributed by atoms with E-state index in [1.54, 1.807) is 30.5 Å². The molecule has 2 N–H and O–H groups in total. The molecule has 0 spiro atoms. The van der Waals surface area contributed by atoms with Gasteiger partial charge in [0.2, 0.25) is 5.91 Å². The number of nitriles is 1. The normalized spacial score (nSPS) is 15.8. The molecule has 2 aliphatic heterocycles. The Hall–Kier alpha value is -4.71. The zero-order valence-corrected chi connectivity index (χ0v) is 21.8. The van der Waals surface area contributed by atoms with E-state index >= 15 is 0 Å². The number of amides is 3. The van der Waals surface area contributed by atoms with E-state index in [1.165, 1.54) is 5.56 Å². The minimum Gasteiger partial charge on any atom is -0.353 e. The summed E-state index contributed by atoms with van der Waals surface area (Å²) in [6.07, 6.45) is 3.28. The number of nitrogens with one attached hydrogen (secondary N) is 2. The van der Waals surface area contributed by atoms with E-state index < -0.39 is 0 Å². The molecule has 2 fully saturated rings. The van der Waals surface area contributed by atoms with Crippen LogP contribution in [0.5, 0.6) is 0 Å². The summed E-state index contributed by atoms with van der Waals surface area (Å²) in [5, 5.41) is 14.7. The Labute approximate surface area is 227 Å². The number of likely N-dealkylation sites (tertiary alicyclic amines) is 1. The average molecular weight is 523 g/mol. The smallest absolute Gasteiger partial charge is 0.255 e. The van der Waals surface area contributed by atoms with Crippen LogP contribution in [0, 0.1) is 18.3 Å². The first-order chi connectivity index (χ1) is 18.9. The zero-order chi connectivity index (χ0) is 27.4. The molecule has 3 aromatic rings. The van der Waals surface area contributed by atoms with E-state index in [9.17, 15) is 14.4 Å². The third-order valence-corrected chi connectivity index (χ3v) is 7.40. The molecular formula is C30H30N6O3. The number of anilines is 2. The van der Waals surface area contributed by atoms with E-state index in [1.807, 2.05) is 47.1 Å². The first kappa shape index (κ1) is 25.9. The van der Waals surface area contributed by atoms with Crippen LogP contribution in [0.15, 0.2) is 60.8 Å². The molecular weight excluding hydrogens is 492 g/mol. The van der Waals surface area contributed by atoms with Gasteiger partial charge >= 0.3 is 0 Å². The third-order valence-electron chi connectivity index (χ3n) is 7.40. The highest BCUT2D eigenvalue weighted by Gasteiger charge is 2.25. The number of hydrogen-bond acceptors (Lipinski definition) is 6. The summed E-state index contributed by atoms with van der Waals surface area (Å²) in [5.74, 6) is 0.490. The van der Waals surface area contributed by atoms with Gasteiger partial charge in [0.1, 0.15) is 5.82 Å². The molecule has 3 amide bonds. The molecule has 1 aromatic heterocycles. The van der Waals surface area contributed by atoms with E-state index in [0.717, 1.165) is 18.4 Å². The highest BCUT2D eigenvalue weighted by atomic mass is 16.2. The summed E-state index contributed by atoms with van der Waals surface area (Å²) in [6, 6.07) is 18.5. The van der Waals surface area contributed by atoms with Crippen molar-refractivity contribution in [2.24, 2.45) is 0 Å². The number of hydrogen-bond donors (Lipinski definition) is 2. The van der Waals surface area contributed by atoms with Crippen molar-refractivity contribution < 1.29 is 14.4 Å². The van der Waals surface area contributed by atoms with Crippen molar-refractivity contribution >= 4 is 29.2 Å². The number of benzene rings is 2. The molecule has 9 heteroatoms. The van der Waals surface area contributed by atoms with Crippen molar-refractivity contribution in [2.45, 2.75) is 25.7 Å². The van der Waals surface area contributed by atoms with Gasteiger partial charge in [-0.15, -0.1) is 0 Å². The van der Waals surface area contributed by atoms with Gasteiger partial charge in [-0.25, -0.2) is 4.98 Å². The Kier molecular flexibility index (Phi) is 7.55. The summed E-state index contributed by atoms with van der Waals surface area (Å²) in [5.41, 5.74) is 4.23. The van der Waals surface area contributed by atoms with Gasteiger partial charge in [0, 0.05) is 49.2 Å². The highest BCUT2D eigenvalue weighted by Crippen LogP contribution is 2.29. The van der Waals surface area contributed by atoms with Crippen LogP contribution in [0.3, 0.4) is 0 Å². The van der Waals surface area contributed by atoms with Gasteiger partial charge in [-0.2, -0.15) is 5.26 Å². The Morgan fingerprint density at radius 2 is 1.79 bits per heavy atom. The highest BCUT2D eigenvalue weighted by molar-refractivity contribution is 6.06. The van der Waals surface area contributed by atoms with Crippen LogP contribution in [0.25, 0.3) is 0 Å². The van der Waals surface area contributed by atoms with Crippen LogP contribution in [0.4, 0.5) is 11.5 Å². The minimum atomic E-state index is -0.309. The summed E-state index contributed by atoms with van der Waals surface area (Å²) in [6.45, 7) is 4.53. The Balaban J connectivity index is 1.24. The fourth-order valence-corrected chi connectivity index (χ4v) is 5.08. The second-order valence-corrected chi connectivity index (χ2v) is 9.96. The van der Waals surface area contributed by atoms with E-state index in [-0.39, 0.29) is 24.3 Å². The van der Waals surface area contributed by atoms with Crippen LogP contribution < -0.4 is 15.5 Å². The lowest BCUT2D eigenvalue weighted by atomic mass is 9.89. The second-order valence-electron chi connectivity index (χ2n) is 9.96. The number of piperidine rings is 1. The molecule has 5 rings (SSSR count). The van der Waals surface area contributed by atoms with Gasteiger partial charge in [-0.1, -0.05) is 18.2 Å². The van der Waals surface area contributed by atoms with Crippen molar-refractivity contribution in [2.75, 3.05) is 42.9 Å². The molecule has 3 heterocycles. The topological polar surface area (TPSA) is 118 Å². The lowest BCUT2D eigenvalue weighted by Crippen LogP contribution is -2.48. The second kappa shape index (κ2) is 11.4. The molecule has 0 aliphatic carbocycles.